The Morgan fingerprint density at radius 3 is 1.89 bits per heavy atom. The monoisotopic (exact) mass is 306 g/mol. The molecule has 0 saturated heterocycles. The minimum atomic E-state index is -5.55. The average Bonchev–Trinajstić information content (AvgIpc) is 2.53. The SMILES string of the molecule is FC(F)(F)C(F)(F)COCC1(CS)CCCCCC1. The van der Waals surface area contributed by atoms with Gasteiger partial charge < -0.3 is 4.74 Å². The van der Waals surface area contributed by atoms with Crippen molar-refractivity contribution < 1.29 is 26.7 Å². The molecule has 0 heterocycles. The zero-order valence-electron chi connectivity index (χ0n) is 10.6. The molecule has 1 aliphatic rings. The Morgan fingerprint density at radius 2 is 1.47 bits per heavy atom. The van der Waals surface area contributed by atoms with E-state index in [0.29, 0.717) is 5.75 Å². The van der Waals surface area contributed by atoms with E-state index in [1.54, 1.807) is 0 Å². The van der Waals surface area contributed by atoms with Crippen LogP contribution in [0.3, 0.4) is 0 Å². The quantitative estimate of drug-likeness (QED) is 0.448. The van der Waals surface area contributed by atoms with Gasteiger partial charge in [0.1, 0.15) is 6.61 Å². The zero-order chi connectivity index (χ0) is 14.6. The molecule has 1 saturated carbocycles. The Labute approximate surface area is 115 Å². The summed E-state index contributed by atoms with van der Waals surface area (Å²) in [4.78, 5) is 0. The predicted molar refractivity (Wildman–Crippen MR) is 65.8 cm³/mol. The number of hydrogen-bond acceptors (Lipinski definition) is 2. The van der Waals surface area contributed by atoms with Gasteiger partial charge in [0.15, 0.2) is 0 Å². The van der Waals surface area contributed by atoms with Gasteiger partial charge in [0, 0.05) is 5.41 Å². The molecule has 7 heteroatoms. The summed E-state index contributed by atoms with van der Waals surface area (Å²) in [7, 11) is 0. The maximum atomic E-state index is 12.7. The van der Waals surface area contributed by atoms with Crippen molar-refractivity contribution in [2.24, 2.45) is 5.41 Å². The molecule has 0 spiro atoms. The predicted octanol–water partition coefficient (Wildman–Crippen LogP) is 4.47. The lowest BCUT2D eigenvalue weighted by Gasteiger charge is -2.31. The van der Waals surface area contributed by atoms with E-state index in [1.807, 2.05) is 0 Å². The Hall–Kier alpha value is -0.0400. The van der Waals surface area contributed by atoms with E-state index in [9.17, 15) is 22.0 Å². The molecule has 0 unspecified atom stereocenters. The molecule has 0 radical (unpaired) electrons. The normalized spacial score (nSPS) is 21.2. The van der Waals surface area contributed by atoms with Gasteiger partial charge in [-0.25, -0.2) is 0 Å². The number of halogens is 5. The van der Waals surface area contributed by atoms with Crippen molar-refractivity contribution in [2.75, 3.05) is 19.0 Å². The molecule has 0 aromatic rings. The lowest BCUT2D eigenvalue weighted by atomic mass is 9.83. The van der Waals surface area contributed by atoms with Crippen LogP contribution in [0.1, 0.15) is 38.5 Å². The molecule has 0 N–H and O–H groups in total. The Bertz CT molecular complexity index is 272. The van der Waals surface area contributed by atoms with E-state index >= 15 is 0 Å². The third-order valence-corrected chi connectivity index (χ3v) is 4.28. The maximum absolute atomic E-state index is 12.7. The molecule has 114 valence electrons. The molecule has 0 amide bonds. The van der Waals surface area contributed by atoms with Gasteiger partial charge in [-0.15, -0.1) is 0 Å². The van der Waals surface area contributed by atoms with Crippen molar-refractivity contribution in [3.05, 3.63) is 0 Å². The average molecular weight is 306 g/mol. The highest BCUT2D eigenvalue weighted by Crippen LogP contribution is 2.39. The molecule has 1 fully saturated rings. The minimum Gasteiger partial charge on any atom is -0.374 e. The van der Waals surface area contributed by atoms with Crippen LogP contribution in [0.25, 0.3) is 0 Å². The molecule has 0 aliphatic heterocycles. The summed E-state index contributed by atoms with van der Waals surface area (Å²) >= 11 is 4.21. The second-order valence-corrected chi connectivity index (χ2v) is 5.58. The van der Waals surface area contributed by atoms with E-state index in [0.717, 1.165) is 38.5 Å². The van der Waals surface area contributed by atoms with Gasteiger partial charge in [-0.2, -0.15) is 34.6 Å². The van der Waals surface area contributed by atoms with Gasteiger partial charge in [-0.3, -0.25) is 0 Å². The van der Waals surface area contributed by atoms with E-state index in [2.05, 4.69) is 12.6 Å². The van der Waals surface area contributed by atoms with Gasteiger partial charge in [-0.1, -0.05) is 25.7 Å². The van der Waals surface area contributed by atoms with Crippen molar-refractivity contribution in [1.29, 1.82) is 0 Å². The minimum absolute atomic E-state index is 0.0812. The smallest absolute Gasteiger partial charge is 0.374 e. The summed E-state index contributed by atoms with van der Waals surface area (Å²) in [6.45, 7) is -1.69. The van der Waals surface area contributed by atoms with Gasteiger partial charge in [0.2, 0.25) is 0 Å². The van der Waals surface area contributed by atoms with E-state index < -0.39 is 18.7 Å². The summed E-state index contributed by atoms with van der Waals surface area (Å²) in [5.74, 6) is -4.33. The zero-order valence-corrected chi connectivity index (χ0v) is 11.5. The fourth-order valence-electron chi connectivity index (χ4n) is 2.30. The largest absolute Gasteiger partial charge is 0.455 e. The fraction of sp³-hybridized carbons (Fsp3) is 1.00. The first kappa shape index (κ1) is 17.0. The van der Waals surface area contributed by atoms with E-state index in [1.165, 1.54) is 0 Å². The van der Waals surface area contributed by atoms with Crippen LogP contribution in [0, 0.1) is 5.41 Å². The topological polar surface area (TPSA) is 9.23 Å². The Balaban J connectivity index is 2.49. The second kappa shape index (κ2) is 6.61. The molecule has 0 aromatic heterocycles. The molecule has 0 aromatic carbocycles. The van der Waals surface area contributed by atoms with Crippen LogP contribution in [-0.4, -0.2) is 31.1 Å². The van der Waals surface area contributed by atoms with Crippen LogP contribution in [0.2, 0.25) is 0 Å². The van der Waals surface area contributed by atoms with Gasteiger partial charge in [0.25, 0.3) is 0 Å². The van der Waals surface area contributed by atoms with Crippen LogP contribution in [-0.2, 0) is 4.74 Å². The van der Waals surface area contributed by atoms with Gasteiger partial charge >= 0.3 is 12.1 Å². The fourth-order valence-corrected chi connectivity index (χ4v) is 2.71. The van der Waals surface area contributed by atoms with Crippen molar-refractivity contribution in [3.8, 4) is 0 Å². The summed E-state index contributed by atoms with van der Waals surface area (Å²) in [5.41, 5.74) is -0.360. The molecular weight excluding hydrogens is 287 g/mol. The van der Waals surface area contributed by atoms with Crippen LogP contribution < -0.4 is 0 Å². The third kappa shape index (κ3) is 4.77. The number of ether oxygens (including phenoxy) is 1. The Kier molecular flexibility index (Phi) is 5.92. The van der Waals surface area contributed by atoms with Gasteiger partial charge in [0.05, 0.1) is 6.61 Å². The molecule has 0 bridgehead atoms. The highest BCUT2D eigenvalue weighted by atomic mass is 32.1. The molecule has 1 aliphatic carbocycles. The summed E-state index contributed by atoms with van der Waals surface area (Å²) in [6.07, 6.45) is 0.00834. The standard InChI is InChI=1S/C12H19F5OS/c13-11(14,12(15,16)17)8-18-7-10(9-19)5-3-1-2-4-6-10/h19H,1-9H2. The van der Waals surface area contributed by atoms with E-state index in [-0.39, 0.29) is 12.0 Å². The number of rotatable bonds is 5. The van der Waals surface area contributed by atoms with Gasteiger partial charge in [-0.05, 0) is 18.6 Å². The van der Waals surface area contributed by atoms with Crippen LogP contribution in [0.4, 0.5) is 22.0 Å². The first-order valence-electron chi connectivity index (χ1n) is 6.36. The number of hydrogen-bond donors (Lipinski definition) is 1. The first-order chi connectivity index (χ1) is 8.72. The molecular formula is C12H19F5OS. The van der Waals surface area contributed by atoms with Crippen molar-refractivity contribution in [2.45, 2.75) is 50.6 Å². The highest BCUT2D eigenvalue weighted by Gasteiger charge is 2.57. The van der Waals surface area contributed by atoms with Crippen LogP contribution in [0.5, 0.6) is 0 Å². The number of thiol groups is 1. The molecule has 19 heavy (non-hydrogen) atoms. The van der Waals surface area contributed by atoms with Crippen LogP contribution in [0.15, 0.2) is 0 Å². The third-order valence-electron chi connectivity index (χ3n) is 3.61. The van der Waals surface area contributed by atoms with Crippen molar-refractivity contribution >= 4 is 12.6 Å². The van der Waals surface area contributed by atoms with E-state index in [4.69, 9.17) is 4.74 Å². The molecule has 1 nitrogen and oxygen atoms in total. The summed E-state index contributed by atoms with van der Waals surface area (Å²) < 4.78 is 66.1. The lowest BCUT2D eigenvalue weighted by Crippen LogP contribution is -2.42. The lowest BCUT2D eigenvalue weighted by molar-refractivity contribution is -0.298. The van der Waals surface area contributed by atoms with Crippen molar-refractivity contribution in [1.82, 2.24) is 0 Å². The summed E-state index contributed by atoms with van der Waals surface area (Å²) in [5, 5.41) is 0. The molecule has 1 rings (SSSR count). The Morgan fingerprint density at radius 1 is 0.947 bits per heavy atom. The molecule has 0 atom stereocenters. The highest BCUT2D eigenvalue weighted by molar-refractivity contribution is 7.80. The summed E-state index contributed by atoms with van der Waals surface area (Å²) in [6, 6.07) is 0. The first-order valence-corrected chi connectivity index (χ1v) is 6.99. The maximum Gasteiger partial charge on any atom is 0.455 e. The number of alkyl halides is 5. The van der Waals surface area contributed by atoms with Crippen molar-refractivity contribution in [3.63, 3.8) is 0 Å². The second-order valence-electron chi connectivity index (χ2n) is 5.27. The van der Waals surface area contributed by atoms with Crippen LogP contribution >= 0.6 is 12.6 Å².